The van der Waals surface area contributed by atoms with E-state index in [2.05, 4.69) is 44.3 Å². The van der Waals surface area contributed by atoms with Crippen LogP contribution in [0.1, 0.15) is 49.8 Å². The maximum Gasteiger partial charge on any atom is 0.241 e. The van der Waals surface area contributed by atoms with Crippen molar-refractivity contribution in [2.75, 3.05) is 23.0 Å². The molecule has 178 valence electrons. The maximum absolute atomic E-state index is 13.6. The average Bonchev–Trinajstić information content (AvgIpc) is 2.81. The number of carbonyl (C=O) groups excluding carboxylic acids is 2. The van der Waals surface area contributed by atoms with Crippen LogP contribution in [0.15, 0.2) is 47.4 Å². The van der Waals surface area contributed by atoms with Crippen LogP contribution in [0.5, 0.6) is 0 Å². The van der Waals surface area contributed by atoms with E-state index in [1.54, 1.807) is 0 Å². The first-order valence-corrected chi connectivity index (χ1v) is 13.9. The third-order valence-electron chi connectivity index (χ3n) is 6.03. The normalized spacial score (nSPS) is 16.4. The van der Waals surface area contributed by atoms with E-state index < -0.39 is 11.2 Å². The molecule has 2 amide bonds. The number of aryl methyl sites for hydroxylation is 2. The Hall–Kier alpha value is -1.92. The van der Waals surface area contributed by atoms with Gasteiger partial charge in [-0.3, -0.25) is 9.59 Å². The van der Waals surface area contributed by atoms with Crippen molar-refractivity contribution < 1.29 is 9.59 Å². The summed E-state index contributed by atoms with van der Waals surface area (Å²) >= 11 is 3.47. The molecule has 0 radical (unpaired) electrons. The van der Waals surface area contributed by atoms with Crippen molar-refractivity contribution in [1.29, 1.82) is 0 Å². The highest BCUT2D eigenvalue weighted by Gasteiger charge is 2.39. The fraction of sp³-hybridized carbons (Fsp3) is 0.481. The molecule has 2 atom stereocenters. The number of fused-ring (bicyclic) bond motifs is 1. The third-order valence-corrected chi connectivity index (χ3v) is 8.64. The van der Waals surface area contributed by atoms with Gasteiger partial charge in [-0.05, 0) is 61.5 Å². The first kappa shape index (κ1) is 25.7. The third kappa shape index (κ3) is 6.80. The molecule has 0 saturated carbocycles. The number of hydrogen-bond acceptors (Lipinski definition) is 4. The quantitative estimate of drug-likeness (QED) is 0.398. The Morgan fingerprint density at radius 1 is 1.15 bits per heavy atom. The second kappa shape index (κ2) is 12.5. The zero-order valence-corrected chi connectivity index (χ0v) is 21.9. The molecule has 0 aromatic heterocycles. The van der Waals surface area contributed by atoms with E-state index in [9.17, 15) is 9.59 Å². The second-order valence-electron chi connectivity index (χ2n) is 8.76. The summed E-state index contributed by atoms with van der Waals surface area (Å²) in [6, 6.07) is 14.4. The monoisotopic (exact) mass is 484 g/mol. The molecule has 2 aromatic rings. The first-order chi connectivity index (χ1) is 15.9. The average molecular weight is 485 g/mol. The van der Waals surface area contributed by atoms with Crippen LogP contribution in [-0.4, -0.2) is 35.1 Å². The zero-order valence-electron chi connectivity index (χ0n) is 20.2. The van der Waals surface area contributed by atoms with Crippen LogP contribution < -0.4 is 10.2 Å². The lowest BCUT2D eigenvalue weighted by Gasteiger charge is -2.36. The van der Waals surface area contributed by atoms with Crippen molar-refractivity contribution in [3.8, 4) is 0 Å². The molecule has 0 saturated heterocycles. The summed E-state index contributed by atoms with van der Waals surface area (Å²) in [7, 11) is 0. The fourth-order valence-electron chi connectivity index (χ4n) is 3.89. The number of unbranched alkanes of at least 4 members (excludes halogenated alkanes) is 1. The molecule has 0 unspecified atom stereocenters. The number of nitrogens with one attached hydrogen (secondary N) is 1. The van der Waals surface area contributed by atoms with Crippen LogP contribution in [0.25, 0.3) is 0 Å². The van der Waals surface area contributed by atoms with E-state index in [0.717, 1.165) is 28.3 Å². The van der Waals surface area contributed by atoms with E-state index in [-0.39, 0.29) is 11.8 Å². The molecule has 3 rings (SSSR count). The molecule has 0 bridgehead atoms. The largest absolute Gasteiger partial charge is 0.356 e. The molecular weight excluding hydrogens is 448 g/mol. The van der Waals surface area contributed by atoms with Gasteiger partial charge in [-0.25, -0.2) is 0 Å². The van der Waals surface area contributed by atoms with Crippen molar-refractivity contribution in [3.63, 3.8) is 0 Å². The maximum atomic E-state index is 13.6. The molecule has 0 spiro atoms. The molecule has 1 aliphatic rings. The molecule has 4 nitrogen and oxygen atoms in total. The highest BCUT2D eigenvalue weighted by molar-refractivity contribution is 8.01. The molecule has 1 N–H and O–H groups in total. The van der Waals surface area contributed by atoms with Crippen LogP contribution in [0.3, 0.4) is 0 Å². The van der Waals surface area contributed by atoms with Gasteiger partial charge in [-0.2, -0.15) is 11.8 Å². The van der Waals surface area contributed by atoms with Gasteiger partial charge in [0.25, 0.3) is 0 Å². The van der Waals surface area contributed by atoms with Gasteiger partial charge < -0.3 is 10.2 Å². The highest BCUT2D eigenvalue weighted by atomic mass is 32.2. The first-order valence-electron chi connectivity index (χ1n) is 11.9. The smallest absolute Gasteiger partial charge is 0.241 e. The topological polar surface area (TPSA) is 49.4 Å². The summed E-state index contributed by atoms with van der Waals surface area (Å²) in [4.78, 5) is 29.5. The van der Waals surface area contributed by atoms with Crippen molar-refractivity contribution in [1.82, 2.24) is 5.32 Å². The van der Waals surface area contributed by atoms with Gasteiger partial charge in [0.05, 0.1) is 18.2 Å². The lowest BCUT2D eigenvalue weighted by molar-refractivity contribution is -0.128. The van der Waals surface area contributed by atoms with Gasteiger partial charge >= 0.3 is 0 Å². The predicted octanol–water partition coefficient (Wildman–Crippen LogP) is 5.99. The van der Waals surface area contributed by atoms with Crippen LogP contribution >= 0.6 is 23.5 Å². The lowest BCUT2D eigenvalue weighted by atomic mass is 10.0. The van der Waals surface area contributed by atoms with E-state index >= 15 is 0 Å². The zero-order chi connectivity index (χ0) is 23.8. The molecule has 6 heteroatoms. The van der Waals surface area contributed by atoms with Gasteiger partial charge in [0.2, 0.25) is 11.8 Å². The number of benzene rings is 2. The van der Waals surface area contributed by atoms with E-state index in [4.69, 9.17) is 0 Å². The lowest BCUT2D eigenvalue weighted by Crippen LogP contribution is -2.47. The van der Waals surface area contributed by atoms with Crippen LogP contribution in [0.2, 0.25) is 0 Å². The number of amides is 2. The fourth-order valence-corrected chi connectivity index (χ4v) is 6.22. The summed E-state index contributed by atoms with van der Waals surface area (Å²) < 4.78 is 0. The Morgan fingerprint density at radius 2 is 1.91 bits per heavy atom. The Labute approximate surface area is 207 Å². The van der Waals surface area contributed by atoms with Crippen LogP contribution in [0, 0.1) is 19.8 Å². The standard InChI is InChI=1S/C27H36N2O2S2/c1-5-6-15-32-16-9-14-28-26(30)21(4)25-27(31)29(23-10-7-8-11-24(23)33-25)18-22-17-19(2)12-13-20(22)3/h7-8,10-13,17,21,25H,5-6,9,14-16,18H2,1-4H3,(H,28,30)/t21-,25-/m0/s1. The number of carbonyl (C=O) groups is 2. The SMILES string of the molecule is CCCCSCCCNC(=O)[C@@H](C)[C@@H]1Sc2ccccc2N(Cc2cc(C)ccc2C)C1=O. The summed E-state index contributed by atoms with van der Waals surface area (Å²) in [5.41, 5.74) is 4.42. The highest BCUT2D eigenvalue weighted by Crippen LogP contribution is 2.42. The Kier molecular flexibility index (Phi) is 9.75. The summed E-state index contributed by atoms with van der Waals surface area (Å²) in [5.74, 6) is 1.82. The van der Waals surface area contributed by atoms with Gasteiger partial charge in [0, 0.05) is 11.4 Å². The number of thioether (sulfide) groups is 2. The van der Waals surface area contributed by atoms with Crippen molar-refractivity contribution >= 4 is 41.0 Å². The Bertz CT molecular complexity index is 963. The number of nitrogens with zero attached hydrogens (tertiary/aromatic N) is 1. The number of anilines is 1. The summed E-state index contributed by atoms with van der Waals surface area (Å²) in [6.07, 6.45) is 3.42. The second-order valence-corrected chi connectivity index (χ2v) is 11.2. The van der Waals surface area contributed by atoms with Gasteiger partial charge in [-0.1, -0.05) is 56.2 Å². The molecule has 1 heterocycles. The predicted molar refractivity (Wildman–Crippen MR) is 142 cm³/mol. The molecule has 1 aliphatic heterocycles. The van der Waals surface area contributed by atoms with E-state index in [0.29, 0.717) is 13.1 Å². The van der Waals surface area contributed by atoms with Crippen molar-refractivity contribution in [2.45, 2.75) is 63.6 Å². The summed E-state index contributed by atoms with van der Waals surface area (Å²) in [6.45, 7) is 9.42. The van der Waals surface area contributed by atoms with E-state index in [1.807, 2.05) is 47.9 Å². The Morgan fingerprint density at radius 3 is 2.70 bits per heavy atom. The molecule has 2 aromatic carbocycles. The van der Waals surface area contributed by atoms with E-state index in [1.165, 1.54) is 41.5 Å². The number of rotatable bonds is 11. The van der Waals surface area contributed by atoms with Crippen LogP contribution in [0.4, 0.5) is 5.69 Å². The molecular formula is C27H36N2O2S2. The number of hydrogen-bond donors (Lipinski definition) is 1. The van der Waals surface area contributed by atoms with Gasteiger partial charge in [0.15, 0.2) is 0 Å². The van der Waals surface area contributed by atoms with Crippen molar-refractivity contribution in [3.05, 3.63) is 59.2 Å². The molecule has 0 aliphatic carbocycles. The molecule has 0 fully saturated rings. The van der Waals surface area contributed by atoms with Gasteiger partial charge in [-0.15, -0.1) is 11.8 Å². The molecule has 33 heavy (non-hydrogen) atoms. The minimum absolute atomic E-state index is 0.0115. The summed E-state index contributed by atoms with van der Waals surface area (Å²) in [5, 5.41) is 2.63. The van der Waals surface area contributed by atoms with Gasteiger partial charge in [0.1, 0.15) is 5.25 Å². The minimum Gasteiger partial charge on any atom is -0.356 e. The van der Waals surface area contributed by atoms with Crippen LogP contribution in [-0.2, 0) is 16.1 Å². The Balaban J connectivity index is 1.68. The number of para-hydroxylation sites is 1. The minimum atomic E-state index is -0.427. The van der Waals surface area contributed by atoms with Crippen molar-refractivity contribution in [2.24, 2.45) is 5.92 Å².